The second kappa shape index (κ2) is 6.38. The van der Waals surface area contributed by atoms with Crippen LogP contribution in [0, 0.1) is 6.92 Å². The molecule has 104 valence electrons. The van der Waals surface area contributed by atoms with Crippen LogP contribution in [0.25, 0.3) is 0 Å². The fourth-order valence-electron chi connectivity index (χ4n) is 1.51. The molecule has 0 fully saturated rings. The maximum atomic E-state index is 11.6. The van der Waals surface area contributed by atoms with E-state index >= 15 is 0 Å². The highest BCUT2D eigenvalue weighted by molar-refractivity contribution is 9.10. The number of hydrogen-bond acceptors (Lipinski definition) is 4. The molecule has 1 aromatic carbocycles. The third-order valence-corrected chi connectivity index (χ3v) is 2.88. The minimum Gasteiger partial charge on any atom is -0.454 e. The molecule has 0 aliphatic carbocycles. The SMILES string of the molecule is Cc1ccc(C(=O)OCC(=O)Nc2cccc(Br)c2)o1. The molecular formula is C14H12BrNO4. The van der Waals surface area contributed by atoms with Gasteiger partial charge in [-0.15, -0.1) is 0 Å². The lowest BCUT2D eigenvalue weighted by atomic mass is 10.3. The highest BCUT2D eigenvalue weighted by Crippen LogP contribution is 2.15. The molecule has 0 saturated carbocycles. The molecule has 1 amide bonds. The highest BCUT2D eigenvalue weighted by atomic mass is 79.9. The summed E-state index contributed by atoms with van der Waals surface area (Å²) in [5.41, 5.74) is 0.620. The first-order valence-corrected chi connectivity index (χ1v) is 6.63. The Morgan fingerprint density at radius 3 is 2.75 bits per heavy atom. The van der Waals surface area contributed by atoms with Crippen LogP contribution in [0.4, 0.5) is 5.69 Å². The van der Waals surface area contributed by atoms with E-state index in [1.807, 2.05) is 6.07 Å². The molecule has 0 saturated heterocycles. The second-order valence-electron chi connectivity index (χ2n) is 4.04. The summed E-state index contributed by atoms with van der Waals surface area (Å²) in [5.74, 6) is -0.393. The lowest BCUT2D eigenvalue weighted by Crippen LogP contribution is -2.20. The third-order valence-electron chi connectivity index (χ3n) is 2.38. The number of halogens is 1. The van der Waals surface area contributed by atoms with Crippen molar-refractivity contribution in [3.8, 4) is 0 Å². The molecule has 2 aromatic rings. The summed E-state index contributed by atoms with van der Waals surface area (Å²) in [6, 6.07) is 10.3. The van der Waals surface area contributed by atoms with Crippen LogP contribution in [0.3, 0.4) is 0 Å². The molecule has 5 nitrogen and oxygen atoms in total. The zero-order valence-corrected chi connectivity index (χ0v) is 12.3. The third kappa shape index (κ3) is 3.96. The van der Waals surface area contributed by atoms with E-state index in [1.54, 1.807) is 31.2 Å². The molecule has 0 aliphatic rings. The summed E-state index contributed by atoms with van der Waals surface area (Å²) in [4.78, 5) is 23.2. The summed E-state index contributed by atoms with van der Waals surface area (Å²) in [7, 11) is 0. The molecule has 0 aliphatic heterocycles. The monoisotopic (exact) mass is 337 g/mol. The van der Waals surface area contributed by atoms with Gasteiger partial charge in [-0.05, 0) is 37.3 Å². The lowest BCUT2D eigenvalue weighted by molar-refractivity contribution is -0.119. The Morgan fingerprint density at radius 1 is 1.30 bits per heavy atom. The summed E-state index contributed by atoms with van der Waals surface area (Å²) in [6.07, 6.45) is 0. The smallest absolute Gasteiger partial charge is 0.374 e. The van der Waals surface area contributed by atoms with Crippen LogP contribution in [-0.4, -0.2) is 18.5 Å². The van der Waals surface area contributed by atoms with Gasteiger partial charge in [0.25, 0.3) is 5.91 Å². The van der Waals surface area contributed by atoms with Crippen molar-refractivity contribution in [3.05, 3.63) is 52.4 Å². The summed E-state index contributed by atoms with van der Waals surface area (Å²) >= 11 is 3.30. The second-order valence-corrected chi connectivity index (χ2v) is 4.96. The molecule has 0 bridgehead atoms. The normalized spacial score (nSPS) is 10.1. The van der Waals surface area contributed by atoms with Gasteiger partial charge in [-0.3, -0.25) is 4.79 Å². The van der Waals surface area contributed by atoms with Gasteiger partial charge in [0.2, 0.25) is 5.76 Å². The number of carbonyl (C=O) groups excluding carboxylic acids is 2. The Kier molecular flexibility index (Phi) is 4.57. The van der Waals surface area contributed by atoms with E-state index in [0.29, 0.717) is 11.4 Å². The Morgan fingerprint density at radius 2 is 2.10 bits per heavy atom. The van der Waals surface area contributed by atoms with E-state index < -0.39 is 11.9 Å². The Labute approximate surface area is 124 Å². The number of rotatable bonds is 4. The van der Waals surface area contributed by atoms with Crippen molar-refractivity contribution in [2.45, 2.75) is 6.92 Å². The van der Waals surface area contributed by atoms with E-state index in [2.05, 4.69) is 21.2 Å². The fraction of sp³-hybridized carbons (Fsp3) is 0.143. The van der Waals surface area contributed by atoms with E-state index in [1.165, 1.54) is 6.07 Å². The van der Waals surface area contributed by atoms with E-state index in [9.17, 15) is 9.59 Å². The number of nitrogens with one attached hydrogen (secondary N) is 1. The van der Waals surface area contributed by atoms with Crippen molar-refractivity contribution < 1.29 is 18.7 Å². The number of ether oxygens (including phenoxy) is 1. The number of benzene rings is 1. The first kappa shape index (κ1) is 14.3. The molecule has 20 heavy (non-hydrogen) atoms. The first-order chi connectivity index (χ1) is 9.54. The number of esters is 1. The number of anilines is 1. The van der Waals surface area contributed by atoms with E-state index in [-0.39, 0.29) is 12.4 Å². The molecule has 1 aromatic heterocycles. The Balaban J connectivity index is 1.85. The lowest BCUT2D eigenvalue weighted by Gasteiger charge is -2.06. The topological polar surface area (TPSA) is 68.5 Å². The van der Waals surface area contributed by atoms with Gasteiger partial charge in [-0.25, -0.2) is 4.79 Å². The van der Waals surface area contributed by atoms with Crippen molar-refractivity contribution in [3.63, 3.8) is 0 Å². The molecule has 0 atom stereocenters. The number of hydrogen-bond donors (Lipinski definition) is 1. The van der Waals surface area contributed by atoms with Crippen LogP contribution in [-0.2, 0) is 9.53 Å². The minimum absolute atomic E-state index is 0.0813. The molecule has 0 radical (unpaired) electrons. The zero-order valence-electron chi connectivity index (χ0n) is 10.7. The number of furan rings is 1. The van der Waals surface area contributed by atoms with Gasteiger partial charge in [-0.1, -0.05) is 22.0 Å². The van der Waals surface area contributed by atoms with Gasteiger partial charge in [0.15, 0.2) is 6.61 Å². The van der Waals surface area contributed by atoms with Crippen molar-refractivity contribution in [1.82, 2.24) is 0 Å². The maximum Gasteiger partial charge on any atom is 0.374 e. The van der Waals surface area contributed by atoms with Crippen LogP contribution >= 0.6 is 15.9 Å². The van der Waals surface area contributed by atoms with Crippen LogP contribution in [0.5, 0.6) is 0 Å². The summed E-state index contributed by atoms with van der Waals surface area (Å²) < 4.78 is 10.8. The van der Waals surface area contributed by atoms with Crippen LogP contribution < -0.4 is 5.32 Å². The molecule has 1 heterocycles. The average Bonchev–Trinajstić information content (AvgIpc) is 2.83. The molecular weight excluding hydrogens is 326 g/mol. The molecule has 1 N–H and O–H groups in total. The Hall–Kier alpha value is -2.08. The summed E-state index contributed by atoms with van der Waals surface area (Å²) in [6.45, 7) is 1.35. The molecule has 6 heteroatoms. The standard InChI is InChI=1S/C14H12BrNO4/c1-9-5-6-12(20-9)14(18)19-8-13(17)16-11-4-2-3-10(15)7-11/h2-7H,8H2,1H3,(H,16,17). The number of carbonyl (C=O) groups is 2. The zero-order chi connectivity index (χ0) is 14.5. The highest BCUT2D eigenvalue weighted by Gasteiger charge is 2.13. The van der Waals surface area contributed by atoms with Gasteiger partial charge >= 0.3 is 5.97 Å². The van der Waals surface area contributed by atoms with Gasteiger partial charge < -0.3 is 14.5 Å². The van der Waals surface area contributed by atoms with Gasteiger partial charge in [0.1, 0.15) is 5.76 Å². The van der Waals surface area contributed by atoms with Crippen molar-refractivity contribution >= 4 is 33.5 Å². The van der Waals surface area contributed by atoms with Crippen LogP contribution in [0.1, 0.15) is 16.3 Å². The maximum absolute atomic E-state index is 11.6. The summed E-state index contributed by atoms with van der Waals surface area (Å²) in [5, 5.41) is 2.62. The molecule has 2 rings (SSSR count). The van der Waals surface area contributed by atoms with Gasteiger partial charge in [-0.2, -0.15) is 0 Å². The van der Waals surface area contributed by atoms with E-state index in [4.69, 9.17) is 9.15 Å². The van der Waals surface area contributed by atoms with Crippen molar-refractivity contribution in [2.75, 3.05) is 11.9 Å². The van der Waals surface area contributed by atoms with Crippen molar-refractivity contribution in [2.24, 2.45) is 0 Å². The van der Waals surface area contributed by atoms with Crippen LogP contribution in [0.2, 0.25) is 0 Å². The predicted molar refractivity (Wildman–Crippen MR) is 76.5 cm³/mol. The first-order valence-electron chi connectivity index (χ1n) is 5.83. The molecule has 0 spiro atoms. The van der Waals surface area contributed by atoms with Crippen molar-refractivity contribution in [1.29, 1.82) is 0 Å². The molecule has 0 unspecified atom stereocenters. The largest absolute Gasteiger partial charge is 0.454 e. The number of aryl methyl sites for hydroxylation is 1. The average molecular weight is 338 g/mol. The predicted octanol–water partition coefficient (Wildman–Crippen LogP) is 3.15. The van der Waals surface area contributed by atoms with Crippen LogP contribution in [0.15, 0.2) is 45.3 Å². The quantitative estimate of drug-likeness (QED) is 0.870. The minimum atomic E-state index is -0.664. The van der Waals surface area contributed by atoms with Gasteiger partial charge in [0, 0.05) is 10.2 Å². The Bertz CT molecular complexity index is 636. The fourth-order valence-corrected chi connectivity index (χ4v) is 1.91. The number of amides is 1. The van der Waals surface area contributed by atoms with Gasteiger partial charge in [0.05, 0.1) is 0 Å². The van der Waals surface area contributed by atoms with E-state index in [0.717, 1.165) is 4.47 Å².